The Morgan fingerprint density at radius 3 is 2.52 bits per heavy atom. The van der Waals surface area contributed by atoms with Gasteiger partial charge in [-0.1, -0.05) is 26.0 Å². The average molecular weight is 388 g/mol. The number of fused-ring (bicyclic) bond motifs is 1. The van der Waals surface area contributed by atoms with Crippen molar-refractivity contribution in [3.8, 4) is 5.75 Å². The highest BCUT2D eigenvalue weighted by molar-refractivity contribution is 7.92. The van der Waals surface area contributed by atoms with Gasteiger partial charge in [-0.15, -0.1) is 0 Å². The molecule has 2 aromatic carbocycles. The number of hydrogen-bond donors (Lipinski definition) is 2. The maximum absolute atomic E-state index is 12.6. The largest absolute Gasteiger partial charge is 0.479 e. The van der Waals surface area contributed by atoms with Crippen molar-refractivity contribution in [2.45, 2.75) is 44.6 Å². The zero-order valence-electron chi connectivity index (χ0n) is 15.7. The van der Waals surface area contributed by atoms with Gasteiger partial charge in [0.15, 0.2) is 6.10 Å². The van der Waals surface area contributed by atoms with E-state index in [2.05, 4.69) is 23.9 Å². The number of amides is 1. The van der Waals surface area contributed by atoms with E-state index in [1.54, 1.807) is 37.3 Å². The van der Waals surface area contributed by atoms with Crippen LogP contribution < -0.4 is 14.8 Å². The normalized spacial score (nSPS) is 16.4. The Labute approximate surface area is 160 Å². The van der Waals surface area contributed by atoms with Crippen LogP contribution in [0.3, 0.4) is 0 Å². The second-order valence-electron chi connectivity index (χ2n) is 7.14. The minimum atomic E-state index is -3.72. The van der Waals surface area contributed by atoms with Gasteiger partial charge in [0, 0.05) is 0 Å². The number of ether oxygens (including phenoxy) is 1. The van der Waals surface area contributed by atoms with Gasteiger partial charge in [-0.2, -0.15) is 0 Å². The molecule has 0 bridgehead atoms. The number of rotatable bonds is 6. The Morgan fingerprint density at radius 1 is 1.15 bits per heavy atom. The summed E-state index contributed by atoms with van der Waals surface area (Å²) in [5, 5.41) is 2.71. The summed E-state index contributed by atoms with van der Waals surface area (Å²) in [7, 11) is -3.72. The average Bonchev–Trinajstić information content (AvgIpc) is 2.61. The first kappa shape index (κ1) is 19.2. The summed E-state index contributed by atoms with van der Waals surface area (Å²) >= 11 is 0. The van der Waals surface area contributed by atoms with Crippen LogP contribution in [0.2, 0.25) is 0 Å². The van der Waals surface area contributed by atoms with Crippen LogP contribution >= 0.6 is 0 Å². The molecule has 27 heavy (non-hydrogen) atoms. The lowest BCUT2D eigenvalue weighted by atomic mass is 10.0. The van der Waals surface area contributed by atoms with Gasteiger partial charge in [-0.3, -0.25) is 9.52 Å². The van der Waals surface area contributed by atoms with Crippen LogP contribution in [0.5, 0.6) is 5.75 Å². The van der Waals surface area contributed by atoms with Crippen molar-refractivity contribution in [1.29, 1.82) is 0 Å². The molecule has 0 radical (unpaired) electrons. The highest BCUT2D eigenvalue weighted by atomic mass is 32.2. The van der Waals surface area contributed by atoms with Gasteiger partial charge in [0.05, 0.1) is 16.3 Å². The molecule has 7 heteroatoms. The summed E-state index contributed by atoms with van der Waals surface area (Å²) in [4.78, 5) is 11.9. The van der Waals surface area contributed by atoms with Crippen molar-refractivity contribution >= 4 is 27.3 Å². The number of nitrogens with one attached hydrogen (secondary N) is 2. The van der Waals surface area contributed by atoms with E-state index in [1.165, 1.54) is 0 Å². The second kappa shape index (κ2) is 7.60. The third-order valence-electron chi connectivity index (χ3n) is 4.41. The van der Waals surface area contributed by atoms with E-state index >= 15 is 0 Å². The molecule has 1 amide bonds. The van der Waals surface area contributed by atoms with Crippen LogP contribution in [-0.4, -0.2) is 20.4 Å². The van der Waals surface area contributed by atoms with Crippen molar-refractivity contribution in [3.05, 3.63) is 48.0 Å². The van der Waals surface area contributed by atoms with Gasteiger partial charge in [-0.05, 0) is 61.6 Å². The smallest absolute Gasteiger partial charge is 0.265 e. The summed E-state index contributed by atoms with van der Waals surface area (Å²) < 4.78 is 33.3. The summed E-state index contributed by atoms with van der Waals surface area (Å²) in [5.41, 5.74) is 1.92. The molecule has 6 nitrogen and oxygen atoms in total. The molecule has 1 aliphatic heterocycles. The van der Waals surface area contributed by atoms with Crippen LogP contribution in [-0.2, 0) is 21.2 Å². The van der Waals surface area contributed by atoms with Gasteiger partial charge >= 0.3 is 0 Å². The minimum Gasteiger partial charge on any atom is -0.479 e. The van der Waals surface area contributed by atoms with Crippen LogP contribution in [0.1, 0.15) is 32.8 Å². The fourth-order valence-electron chi connectivity index (χ4n) is 2.78. The standard InChI is InChI=1S/C20H24N2O4S/c1-13(2)4-5-15-6-9-17(10-7-15)27(24,25)22-16-8-11-19-18(12-16)21-20(23)14(3)26-19/h6-14,22H,4-5H2,1-3H3,(H,21,23). The van der Waals surface area contributed by atoms with Crippen molar-refractivity contribution < 1.29 is 17.9 Å². The molecule has 1 heterocycles. The molecular formula is C20H24N2O4S. The molecule has 3 rings (SSSR count). The minimum absolute atomic E-state index is 0.197. The number of benzene rings is 2. The Morgan fingerprint density at radius 2 is 1.85 bits per heavy atom. The van der Waals surface area contributed by atoms with E-state index in [-0.39, 0.29) is 10.8 Å². The molecule has 1 unspecified atom stereocenters. The van der Waals surface area contributed by atoms with Crippen molar-refractivity contribution in [2.24, 2.45) is 5.92 Å². The predicted octanol–water partition coefficient (Wildman–Crippen LogP) is 3.80. The zero-order valence-corrected chi connectivity index (χ0v) is 16.5. The zero-order chi connectivity index (χ0) is 19.6. The van der Waals surface area contributed by atoms with Crippen molar-refractivity contribution in [3.63, 3.8) is 0 Å². The summed E-state index contributed by atoms with van der Waals surface area (Å²) in [6, 6.07) is 11.7. The Bertz CT molecular complexity index is 937. The monoisotopic (exact) mass is 388 g/mol. The number of sulfonamides is 1. The number of carbonyl (C=O) groups excluding carboxylic acids is 1. The van der Waals surface area contributed by atoms with E-state index in [0.29, 0.717) is 23.0 Å². The molecule has 1 atom stereocenters. The van der Waals surface area contributed by atoms with Gasteiger partial charge in [-0.25, -0.2) is 8.42 Å². The van der Waals surface area contributed by atoms with Gasteiger partial charge in [0.2, 0.25) is 0 Å². The van der Waals surface area contributed by atoms with Crippen molar-refractivity contribution in [2.75, 3.05) is 10.0 Å². The van der Waals surface area contributed by atoms with E-state index in [4.69, 9.17) is 4.74 Å². The lowest BCUT2D eigenvalue weighted by Gasteiger charge is -2.23. The molecule has 144 valence electrons. The van der Waals surface area contributed by atoms with E-state index < -0.39 is 16.1 Å². The molecular weight excluding hydrogens is 364 g/mol. The molecule has 1 aliphatic rings. The number of aryl methyl sites for hydroxylation is 1. The summed E-state index contributed by atoms with van der Waals surface area (Å²) in [6.07, 6.45) is 1.41. The Balaban J connectivity index is 1.75. The third kappa shape index (κ3) is 4.60. The fourth-order valence-corrected chi connectivity index (χ4v) is 3.83. The number of hydrogen-bond acceptors (Lipinski definition) is 4. The van der Waals surface area contributed by atoms with Gasteiger partial charge in [0.1, 0.15) is 5.75 Å². The van der Waals surface area contributed by atoms with E-state index in [1.807, 2.05) is 12.1 Å². The molecule has 0 fully saturated rings. The first-order valence-corrected chi connectivity index (χ1v) is 10.5. The fraction of sp³-hybridized carbons (Fsp3) is 0.350. The van der Waals surface area contributed by atoms with Crippen LogP contribution in [0, 0.1) is 5.92 Å². The molecule has 0 aromatic heterocycles. The molecule has 2 N–H and O–H groups in total. The second-order valence-corrected chi connectivity index (χ2v) is 8.82. The maximum Gasteiger partial charge on any atom is 0.265 e. The lowest BCUT2D eigenvalue weighted by Crippen LogP contribution is -2.34. The van der Waals surface area contributed by atoms with Crippen molar-refractivity contribution in [1.82, 2.24) is 0 Å². The maximum atomic E-state index is 12.6. The number of anilines is 2. The molecule has 0 spiro atoms. The Kier molecular flexibility index (Phi) is 5.41. The van der Waals surface area contributed by atoms with Crippen LogP contribution in [0.25, 0.3) is 0 Å². The quantitative estimate of drug-likeness (QED) is 0.788. The summed E-state index contributed by atoms with van der Waals surface area (Å²) in [5.74, 6) is 0.852. The molecule has 2 aromatic rings. The van der Waals surface area contributed by atoms with Crippen LogP contribution in [0.4, 0.5) is 11.4 Å². The third-order valence-corrected chi connectivity index (χ3v) is 5.80. The summed E-state index contributed by atoms with van der Waals surface area (Å²) in [6.45, 7) is 5.98. The predicted molar refractivity (Wildman–Crippen MR) is 106 cm³/mol. The highest BCUT2D eigenvalue weighted by Crippen LogP contribution is 2.32. The van der Waals surface area contributed by atoms with Crippen LogP contribution in [0.15, 0.2) is 47.4 Å². The van der Waals surface area contributed by atoms with E-state index in [0.717, 1.165) is 18.4 Å². The SMILES string of the molecule is CC(C)CCc1ccc(S(=O)(=O)Nc2ccc3c(c2)NC(=O)C(C)O3)cc1. The number of carbonyl (C=O) groups is 1. The first-order chi connectivity index (χ1) is 12.7. The lowest BCUT2D eigenvalue weighted by molar-refractivity contribution is -0.122. The van der Waals surface area contributed by atoms with E-state index in [9.17, 15) is 13.2 Å². The van der Waals surface area contributed by atoms with Gasteiger partial charge in [0.25, 0.3) is 15.9 Å². The Hall–Kier alpha value is -2.54. The van der Waals surface area contributed by atoms with Gasteiger partial charge < -0.3 is 10.1 Å². The topological polar surface area (TPSA) is 84.5 Å². The molecule has 0 saturated carbocycles. The first-order valence-electron chi connectivity index (χ1n) is 8.98. The highest BCUT2D eigenvalue weighted by Gasteiger charge is 2.24. The molecule has 0 saturated heterocycles. The molecule has 0 aliphatic carbocycles.